The monoisotopic (exact) mass is 597 g/mol. The molecule has 0 saturated carbocycles. The first-order chi connectivity index (χ1) is 20.5. The van der Waals surface area contributed by atoms with E-state index < -0.39 is 60.2 Å². The van der Waals surface area contributed by atoms with Gasteiger partial charge in [-0.1, -0.05) is 60.7 Å². The molecule has 2 rings (SSSR count). The van der Waals surface area contributed by atoms with Gasteiger partial charge in [-0.05, 0) is 36.8 Å². The van der Waals surface area contributed by atoms with E-state index in [1.54, 1.807) is 30.3 Å². The van der Waals surface area contributed by atoms with Crippen LogP contribution >= 0.6 is 0 Å². The summed E-state index contributed by atoms with van der Waals surface area (Å²) < 4.78 is 0. The Morgan fingerprint density at radius 2 is 1.21 bits per heavy atom. The Morgan fingerprint density at radius 3 is 1.74 bits per heavy atom. The fourth-order valence-electron chi connectivity index (χ4n) is 4.14. The van der Waals surface area contributed by atoms with E-state index >= 15 is 0 Å². The molecule has 0 aliphatic carbocycles. The van der Waals surface area contributed by atoms with Gasteiger partial charge in [0.2, 0.25) is 17.7 Å². The number of hydrogen-bond donors (Lipinski definition) is 8. The van der Waals surface area contributed by atoms with Gasteiger partial charge >= 0.3 is 11.9 Å². The van der Waals surface area contributed by atoms with Crippen molar-refractivity contribution in [3.8, 4) is 0 Å². The number of nitrogens with zero attached hydrogens (tertiary/aromatic N) is 1. The molecule has 0 bridgehead atoms. The van der Waals surface area contributed by atoms with Crippen LogP contribution < -0.4 is 33.2 Å². The van der Waals surface area contributed by atoms with Crippen molar-refractivity contribution in [2.24, 2.45) is 22.2 Å². The molecule has 0 aliphatic rings. The minimum Gasteiger partial charge on any atom is -0.481 e. The fraction of sp³-hybridized carbons (Fsp3) is 0.379. The molecule has 0 saturated heterocycles. The van der Waals surface area contributed by atoms with E-state index in [9.17, 15) is 29.1 Å². The first kappa shape index (κ1) is 34.2. The topological polar surface area (TPSA) is 252 Å². The van der Waals surface area contributed by atoms with E-state index in [4.69, 9.17) is 22.3 Å². The van der Waals surface area contributed by atoms with Crippen molar-refractivity contribution in [1.82, 2.24) is 16.0 Å². The molecule has 232 valence electrons. The highest BCUT2D eigenvalue weighted by Crippen LogP contribution is 2.08. The number of nitrogens with two attached hydrogens (primary N) is 3. The van der Waals surface area contributed by atoms with Crippen LogP contribution in [0.1, 0.15) is 36.8 Å². The van der Waals surface area contributed by atoms with Crippen LogP contribution in [0.5, 0.6) is 0 Å². The Kier molecular flexibility index (Phi) is 14.1. The molecule has 0 aromatic heterocycles. The molecule has 14 heteroatoms. The van der Waals surface area contributed by atoms with Gasteiger partial charge in [0.1, 0.15) is 18.1 Å². The molecule has 14 nitrogen and oxygen atoms in total. The van der Waals surface area contributed by atoms with Gasteiger partial charge in [0, 0.05) is 19.4 Å². The van der Waals surface area contributed by atoms with Crippen molar-refractivity contribution in [3.63, 3.8) is 0 Å². The summed E-state index contributed by atoms with van der Waals surface area (Å²) in [5.74, 6) is -4.95. The molecule has 43 heavy (non-hydrogen) atoms. The lowest BCUT2D eigenvalue weighted by Crippen LogP contribution is -2.57. The third-order valence-electron chi connectivity index (χ3n) is 6.39. The number of amides is 3. The smallest absolute Gasteiger partial charge is 0.326 e. The molecule has 0 aliphatic heterocycles. The van der Waals surface area contributed by atoms with Crippen molar-refractivity contribution in [1.29, 1.82) is 0 Å². The van der Waals surface area contributed by atoms with Crippen molar-refractivity contribution in [2.45, 2.75) is 62.7 Å². The molecular formula is C29H39N7O7. The summed E-state index contributed by atoms with van der Waals surface area (Å²) in [6.07, 6.45) is -0.297. The predicted octanol–water partition coefficient (Wildman–Crippen LogP) is -0.743. The Balaban J connectivity index is 2.24. The molecule has 11 N–H and O–H groups in total. The minimum absolute atomic E-state index is 0.0130. The Morgan fingerprint density at radius 1 is 0.698 bits per heavy atom. The summed E-state index contributed by atoms with van der Waals surface area (Å²) in [6, 6.07) is 13.2. The van der Waals surface area contributed by atoms with Crippen molar-refractivity contribution >= 4 is 35.6 Å². The maximum Gasteiger partial charge on any atom is 0.326 e. The van der Waals surface area contributed by atoms with Crippen molar-refractivity contribution in [2.75, 3.05) is 6.54 Å². The average Bonchev–Trinajstić information content (AvgIpc) is 2.96. The second kappa shape index (κ2) is 17.7. The summed E-state index contributed by atoms with van der Waals surface area (Å²) >= 11 is 0. The van der Waals surface area contributed by atoms with Crippen LogP contribution in [-0.2, 0) is 36.8 Å². The van der Waals surface area contributed by atoms with Crippen LogP contribution in [-0.4, -0.2) is 76.5 Å². The number of nitrogens with one attached hydrogen (secondary N) is 3. The maximum absolute atomic E-state index is 13.5. The van der Waals surface area contributed by atoms with Gasteiger partial charge < -0.3 is 43.4 Å². The predicted molar refractivity (Wildman–Crippen MR) is 158 cm³/mol. The number of carboxylic acid groups (broad SMARTS) is 2. The molecule has 3 amide bonds. The molecular weight excluding hydrogens is 558 g/mol. The zero-order valence-electron chi connectivity index (χ0n) is 23.6. The zero-order valence-corrected chi connectivity index (χ0v) is 23.6. The Labute approximate surface area is 249 Å². The summed E-state index contributed by atoms with van der Waals surface area (Å²) in [7, 11) is 0. The van der Waals surface area contributed by atoms with Crippen LogP contribution in [0.4, 0.5) is 0 Å². The number of hydrogen-bond acceptors (Lipinski definition) is 7. The van der Waals surface area contributed by atoms with E-state index in [1.807, 2.05) is 30.3 Å². The number of aliphatic carboxylic acids is 2. The van der Waals surface area contributed by atoms with Crippen LogP contribution in [0.2, 0.25) is 0 Å². The number of guanidine groups is 1. The average molecular weight is 598 g/mol. The number of carbonyl (C=O) groups is 5. The van der Waals surface area contributed by atoms with Gasteiger partial charge in [-0.3, -0.25) is 24.2 Å². The summed E-state index contributed by atoms with van der Waals surface area (Å²) in [4.78, 5) is 66.2. The van der Waals surface area contributed by atoms with E-state index in [-0.39, 0.29) is 44.6 Å². The fourth-order valence-corrected chi connectivity index (χ4v) is 4.14. The van der Waals surface area contributed by atoms with E-state index in [0.29, 0.717) is 0 Å². The lowest BCUT2D eigenvalue weighted by Gasteiger charge is -2.25. The summed E-state index contributed by atoms with van der Waals surface area (Å²) in [6.45, 7) is 0.127. The highest BCUT2D eigenvalue weighted by atomic mass is 16.4. The van der Waals surface area contributed by atoms with Gasteiger partial charge in [0.15, 0.2) is 5.96 Å². The molecule has 0 fully saturated rings. The first-order valence-electron chi connectivity index (χ1n) is 13.7. The number of aliphatic imine (C=N–C) groups is 1. The van der Waals surface area contributed by atoms with Gasteiger partial charge in [-0.2, -0.15) is 0 Å². The number of carbonyl (C=O) groups excluding carboxylic acids is 3. The van der Waals surface area contributed by atoms with Gasteiger partial charge in [-0.15, -0.1) is 0 Å². The normalized spacial score (nSPS) is 13.4. The quantitative estimate of drug-likeness (QED) is 0.0606. The van der Waals surface area contributed by atoms with Crippen molar-refractivity contribution in [3.05, 3.63) is 71.8 Å². The highest BCUT2D eigenvalue weighted by Gasteiger charge is 2.30. The molecule has 4 unspecified atom stereocenters. The number of carboxylic acids is 2. The van der Waals surface area contributed by atoms with Crippen molar-refractivity contribution < 1.29 is 34.2 Å². The Hall–Kier alpha value is -4.98. The van der Waals surface area contributed by atoms with Gasteiger partial charge in [-0.25, -0.2) is 4.79 Å². The van der Waals surface area contributed by atoms with Crippen LogP contribution in [0.25, 0.3) is 0 Å². The Bertz CT molecular complexity index is 1250. The highest BCUT2D eigenvalue weighted by molar-refractivity contribution is 5.94. The van der Waals surface area contributed by atoms with Gasteiger partial charge in [0.05, 0.1) is 6.04 Å². The van der Waals surface area contributed by atoms with Crippen LogP contribution in [0, 0.1) is 0 Å². The summed E-state index contributed by atoms with van der Waals surface area (Å²) in [5, 5.41) is 26.0. The molecule has 2 aromatic rings. The SMILES string of the molecule is NC(N)=NCCCC(NC(=O)C(Cc1ccccc1)NC(=O)C(N)Cc1ccccc1)C(=O)NC(CCC(=O)O)C(=O)O. The number of benzene rings is 2. The third kappa shape index (κ3) is 13.0. The maximum atomic E-state index is 13.5. The van der Waals surface area contributed by atoms with E-state index in [0.717, 1.165) is 11.1 Å². The molecule has 0 heterocycles. The second-order valence-corrected chi connectivity index (χ2v) is 9.89. The molecule has 0 spiro atoms. The first-order valence-corrected chi connectivity index (χ1v) is 13.7. The lowest BCUT2D eigenvalue weighted by atomic mass is 10.0. The standard InChI is InChI=1S/C29H39N7O7/c30-20(16-18-8-3-1-4-9-18)25(39)36-23(17-19-10-5-2-6-11-19)27(41)34-21(12-7-15-33-29(31)32)26(40)35-22(28(42)43)13-14-24(37)38/h1-6,8-11,20-23H,7,12-17,30H2,(H,34,41)(H,35,40)(H,36,39)(H,37,38)(H,42,43)(H4,31,32,33). The van der Waals surface area contributed by atoms with Crippen LogP contribution in [0.3, 0.4) is 0 Å². The second-order valence-electron chi connectivity index (χ2n) is 9.89. The molecule has 2 aromatic carbocycles. The largest absolute Gasteiger partial charge is 0.481 e. The van der Waals surface area contributed by atoms with Crippen LogP contribution in [0.15, 0.2) is 65.7 Å². The molecule has 0 radical (unpaired) electrons. The lowest BCUT2D eigenvalue weighted by molar-refractivity contribution is -0.143. The van der Waals surface area contributed by atoms with Gasteiger partial charge in [0.25, 0.3) is 0 Å². The van der Waals surface area contributed by atoms with E-state index in [2.05, 4.69) is 20.9 Å². The number of rotatable bonds is 18. The third-order valence-corrected chi connectivity index (χ3v) is 6.39. The minimum atomic E-state index is -1.50. The summed E-state index contributed by atoms with van der Waals surface area (Å²) in [5.41, 5.74) is 18.4. The molecule has 4 atom stereocenters. The van der Waals surface area contributed by atoms with E-state index in [1.165, 1.54) is 0 Å². The zero-order chi connectivity index (χ0) is 31.8.